The Labute approximate surface area is 153 Å². The first kappa shape index (κ1) is 18.8. The highest BCUT2D eigenvalue weighted by atomic mass is 16.5. The number of hydrogen-bond donors (Lipinski definition) is 2. The molecular weight excluding hydrogens is 328 g/mol. The molecule has 0 fully saturated rings. The van der Waals surface area contributed by atoms with E-state index in [1.54, 1.807) is 30.3 Å². The van der Waals surface area contributed by atoms with Crippen LogP contribution in [0.3, 0.4) is 0 Å². The highest BCUT2D eigenvalue weighted by Crippen LogP contribution is 2.22. The summed E-state index contributed by atoms with van der Waals surface area (Å²) in [4.78, 5) is 22.8. The standard InChI is InChI=1S/C21H20N2O3/c1-3-13-26-20-11-9-16(14-17(20)4-2)10-12-21(25)23-19-8-6-5-7-18(19)22-15-24/h1,5-12,14-15H,4,13H2,2H3,(H,22,24)(H,23,25)/b12-10+. The van der Waals surface area contributed by atoms with Crippen LogP contribution >= 0.6 is 0 Å². The summed E-state index contributed by atoms with van der Waals surface area (Å²) in [5.74, 6) is 2.90. The van der Waals surface area contributed by atoms with Crippen molar-refractivity contribution in [1.29, 1.82) is 0 Å². The van der Waals surface area contributed by atoms with E-state index in [0.717, 1.165) is 23.3 Å². The van der Waals surface area contributed by atoms with Gasteiger partial charge in [0.15, 0.2) is 0 Å². The van der Waals surface area contributed by atoms with Crippen molar-refractivity contribution in [3.05, 3.63) is 59.7 Å². The molecule has 2 rings (SSSR count). The molecule has 0 saturated heterocycles. The Kier molecular flexibility index (Phi) is 7.02. The quantitative estimate of drug-likeness (QED) is 0.436. The van der Waals surface area contributed by atoms with E-state index in [9.17, 15) is 9.59 Å². The van der Waals surface area contributed by atoms with Gasteiger partial charge in [-0.3, -0.25) is 9.59 Å². The number of nitrogens with one attached hydrogen (secondary N) is 2. The van der Waals surface area contributed by atoms with Crippen LogP contribution in [-0.4, -0.2) is 18.9 Å². The number of para-hydroxylation sites is 2. The zero-order valence-electron chi connectivity index (χ0n) is 14.5. The Morgan fingerprint density at radius 1 is 1.23 bits per heavy atom. The van der Waals surface area contributed by atoms with E-state index in [-0.39, 0.29) is 12.5 Å². The van der Waals surface area contributed by atoms with Gasteiger partial charge >= 0.3 is 0 Å². The maximum absolute atomic E-state index is 12.1. The molecule has 0 aliphatic carbocycles. The van der Waals surface area contributed by atoms with E-state index < -0.39 is 0 Å². The van der Waals surface area contributed by atoms with Crippen molar-refractivity contribution in [2.45, 2.75) is 13.3 Å². The van der Waals surface area contributed by atoms with E-state index in [2.05, 4.69) is 16.6 Å². The van der Waals surface area contributed by atoms with E-state index in [4.69, 9.17) is 11.2 Å². The van der Waals surface area contributed by atoms with Crippen LogP contribution in [0.1, 0.15) is 18.1 Å². The molecular formula is C21H20N2O3. The minimum Gasteiger partial charge on any atom is -0.481 e. The highest BCUT2D eigenvalue weighted by Gasteiger charge is 2.05. The van der Waals surface area contributed by atoms with Crippen molar-refractivity contribution in [3.63, 3.8) is 0 Å². The van der Waals surface area contributed by atoms with Crippen LogP contribution in [0.15, 0.2) is 48.5 Å². The molecule has 0 atom stereocenters. The first-order valence-corrected chi connectivity index (χ1v) is 8.15. The third kappa shape index (κ3) is 5.25. The summed E-state index contributed by atoms with van der Waals surface area (Å²) in [5, 5.41) is 5.29. The Morgan fingerprint density at radius 3 is 2.69 bits per heavy atom. The third-order valence-corrected chi connectivity index (χ3v) is 3.60. The number of amides is 2. The van der Waals surface area contributed by atoms with Gasteiger partial charge in [-0.2, -0.15) is 0 Å². The summed E-state index contributed by atoms with van der Waals surface area (Å²) >= 11 is 0. The Hall–Kier alpha value is -3.52. The number of carbonyl (C=O) groups is 2. The zero-order chi connectivity index (χ0) is 18.8. The lowest BCUT2D eigenvalue weighted by Gasteiger charge is -2.09. The molecule has 2 aromatic rings. The SMILES string of the molecule is C#CCOc1ccc(/C=C/C(=O)Nc2ccccc2NC=O)cc1CC. The van der Waals surface area contributed by atoms with Gasteiger partial charge in [-0.1, -0.05) is 31.0 Å². The molecule has 26 heavy (non-hydrogen) atoms. The lowest BCUT2D eigenvalue weighted by molar-refractivity contribution is -0.112. The first-order chi connectivity index (χ1) is 12.7. The van der Waals surface area contributed by atoms with E-state index in [1.165, 1.54) is 6.08 Å². The molecule has 0 aromatic heterocycles. The average molecular weight is 348 g/mol. The second kappa shape index (κ2) is 9.70. The van der Waals surface area contributed by atoms with Gasteiger partial charge in [-0.25, -0.2) is 0 Å². The predicted octanol–water partition coefficient (Wildman–Crippen LogP) is 3.48. The smallest absolute Gasteiger partial charge is 0.248 e. The van der Waals surface area contributed by atoms with Crippen molar-refractivity contribution in [1.82, 2.24) is 0 Å². The fourth-order valence-corrected chi connectivity index (χ4v) is 2.37. The Bertz CT molecular complexity index is 851. The topological polar surface area (TPSA) is 67.4 Å². The van der Waals surface area contributed by atoms with Crippen LogP contribution in [0.5, 0.6) is 5.75 Å². The fourth-order valence-electron chi connectivity index (χ4n) is 2.37. The monoisotopic (exact) mass is 348 g/mol. The largest absolute Gasteiger partial charge is 0.481 e. The molecule has 0 aliphatic rings. The Balaban J connectivity index is 2.08. The number of aryl methyl sites for hydroxylation is 1. The van der Waals surface area contributed by atoms with Crippen molar-refractivity contribution in [3.8, 4) is 18.1 Å². The zero-order valence-corrected chi connectivity index (χ0v) is 14.5. The summed E-state index contributed by atoms with van der Waals surface area (Å²) < 4.78 is 5.50. The summed E-state index contributed by atoms with van der Waals surface area (Å²) in [7, 11) is 0. The number of hydrogen-bond acceptors (Lipinski definition) is 3. The maximum Gasteiger partial charge on any atom is 0.248 e. The van der Waals surface area contributed by atoms with Gasteiger partial charge in [-0.05, 0) is 47.9 Å². The lowest BCUT2D eigenvalue weighted by atomic mass is 10.1. The molecule has 0 radical (unpaired) electrons. The first-order valence-electron chi connectivity index (χ1n) is 8.15. The molecule has 0 saturated carbocycles. The number of rotatable bonds is 8. The number of carbonyl (C=O) groups excluding carboxylic acids is 2. The second-order valence-electron chi connectivity index (χ2n) is 5.34. The molecule has 5 heteroatoms. The molecule has 0 aliphatic heterocycles. The van der Waals surface area contributed by atoms with Gasteiger partial charge in [0.05, 0.1) is 11.4 Å². The number of anilines is 2. The summed E-state index contributed by atoms with van der Waals surface area (Å²) in [5.41, 5.74) is 2.96. The molecule has 0 unspecified atom stereocenters. The summed E-state index contributed by atoms with van der Waals surface area (Å²) in [6.45, 7) is 2.24. The maximum atomic E-state index is 12.1. The Morgan fingerprint density at radius 2 is 2.00 bits per heavy atom. The van der Waals surface area contributed by atoms with Crippen molar-refractivity contribution < 1.29 is 14.3 Å². The molecule has 5 nitrogen and oxygen atoms in total. The summed E-state index contributed by atoms with van der Waals surface area (Å²) in [6, 6.07) is 12.6. The van der Waals surface area contributed by atoms with Crippen LogP contribution in [0, 0.1) is 12.3 Å². The summed E-state index contributed by atoms with van der Waals surface area (Å²) in [6.07, 6.45) is 9.73. The van der Waals surface area contributed by atoms with Gasteiger partial charge in [0.1, 0.15) is 12.4 Å². The van der Waals surface area contributed by atoms with Crippen LogP contribution in [0.2, 0.25) is 0 Å². The van der Waals surface area contributed by atoms with Crippen molar-refractivity contribution in [2.75, 3.05) is 17.2 Å². The predicted molar refractivity (Wildman–Crippen MR) is 104 cm³/mol. The van der Waals surface area contributed by atoms with E-state index in [0.29, 0.717) is 17.8 Å². The highest BCUT2D eigenvalue weighted by molar-refractivity contribution is 6.04. The number of benzene rings is 2. The molecule has 0 bridgehead atoms. The van der Waals surface area contributed by atoms with Gasteiger partial charge in [0, 0.05) is 6.08 Å². The third-order valence-electron chi connectivity index (χ3n) is 3.60. The fraction of sp³-hybridized carbons (Fsp3) is 0.143. The normalized spacial score (nSPS) is 10.2. The van der Waals surface area contributed by atoms with Gasteiger partial charge in [-0.15, -0.1) is 6.42 Å². The van der Waals surface area contributed by atoms with Gasteiger partial charge in [0.2, 0.25) is 12.3 Å². The van der Waals surface area contributed by atoms with Crippen LogP contribution in [-0.2, 0) is 16.0 Å². The molecule has 0 spiro atoms. The number of terminal acetylenes is 1. The number of ether oxygens (including phenoxy) is 1. The minimum absolute atomic E-state index is 0.221. The van der Waals surface area contributed by atoms with Gasteiger partial charge < -0.3 is 15.4 Å². The molecule has 132 valence electrons. The minimum atomic E-state index is -0.296. The molecule has 2 N–H and O–H groups in total. The van der Waals surface area contributed by atoms with Gasteiger partial charge in [0.25, 0.3) is 0 Å². The van der Waals surface area contributed by atoms with E-state index >= 15 is 0 Å². The molecule has 2 amide bonds. The van der Waals surface area contributed by atoms with Crippen LogP contribution in [0.4, 0.5) is 11.4 Å². The second-order valence-corrected chi connectivity index (χ2v) is 5.34. The van der Waals surface area contributed by atoms with Crippen LogP contribution in [0.25, 0.3) is 6.08 Å². The lowest BCUT2D eigenvalue weighted by Crippen LogP contribution is -2.10. The average Bonchev–Trinajstić information content (AvgIpc) is 2.66. The van der Waals surface area contributed by atoms with Crippen molar-refractivity contribution in [2.24, 2.45) is 0 Å². The van der Waals surface area contributed by atoms with Crippen LogP contribution < -0.4 is 15.4 Å². The van der Waals surface area contributed by atoms with E-state index in [1.807, 2.05) is 25.1 Å². The molecule has 0 heterocycles. The van der Waals surface area contributed by atoms with Crippen molar-refractivity contribution >= 4 is 29.8 Å². The molecule has 2 aromatic carbocycles.